The van der Waals surface area contributed by atoms with E-state index < -0.39 is 11.8 Å². The van der Waals surface area contributed by atoms with E-state index in [1.165, 1.54) is 6.07 Å². The van der Waals surface area contributed by atoms with E-state index in [2.05, 4.69) is 0 Å². The minimum absolute atomic E-state index is 0.113. The van der Waals surface area contributed by atoms with E-state index in [4.69, 9.17) is 15.1 Å². The molecule has 0 saturated carbocycles. The molecule has 0 amide bonds. The lowest BCUT2D eigenvalue weighted by Gasteiger charge is -2.30. The van der Waals surface area contributed by atoms with Crippen molar-refractivity contribution in [1.29, 1.82) is 5.26 Å². The molecule has 1 fully saturated rings. The Hall–Kier alpha value is -0.660. The van der Waals surface area contributed by atoms with E-state index in [1.807, 2.05) is 0 Å². The highest BCUT2D eigenvalue weighted by atomic mass is 19.1. The fraction of sp³-hybridized carbons (Fsp3) is 0.857. The summed E-state index contributed by atoms with van der Waals surface area (Å²) in [4.78, 5) is 0. The molecule has 1 saturated heterocycles. The van der Waals surface area contributed by atoms with Crippen LogP contribution in [-0.4, -0.2) is 30.1 Å². The number of hydrogen-bond acceptors (Lipinski definition) is 3. The van der Waals surface area contributed by atoms with Crippen molar-refractivity contribution < 1.29 is 14.2 Å². The minimum atomic E-state index is -1.74. The second kappa shape index (κ2) is 3.16. The quantitative estimate of drug-likeness (QED) is 0.563. The van der Waals surface area contributed by atoms with E-state index in [0.717, 1.165) is 0 Å². The lowest BCUT2D eigenvalue weighted by Crippen LogP contribution is -2.42. The minimum Gasteiger partial charge on any atom is -0.381 e. The fourth-order valence-electron chi connectivity index (χ4n) is 1.10. The molecule has 0 aromatic rings. The van der Waals surface area contributed by atoms with Crippen molar-refractivity contribution in [3.63, 3.8) is 0 Å². The molecular weight excluding hydrogens is 149 g/mol. The van der Waals surface area contributed by atoms with Crippen molar-refractivity contribution in [1.82, 2.24) is 0 Å². The number of hydrogen-bond donors (Lipinski definition) is 1. The van der Waals surface area contributed by atoms with E-state index in [9.17, 15) is 4.39 Å². The van der Waals surface area contributed by atoms with Gasteiger partial charge in [0.25, 0.3) is 0 Å². The van der Waals surface area contributed by atoms with Crippen LogP contribution in [0, 0.1) is 11.3 Å². The van der Waals surface area contributed by atoms with Gasteiger partial charge in [-0.25, -0.2) is 4.39 Å². The van der Waals surface area contributed by atoms with Crippen LogP contribution in [0.15, 0.2) is 0 Å². The summed E-state index contributed by atoms with van der Waals surface area (Å²) >= 11 is 0. The Morgan fingerprint density at radius 2 is 2.09 bits per heavy atom. The molecule has 1 atom stereocenters. The molecule has 0 aromatic carbocycles. The molecule has 0 bridgehead atoms. The van der Waals surface area contributed by atoms with Crippen molar-refractivity contribution in [3.8, 4) is 6.07 Å². The average molecular weight is 159 g/mol. The number of alkyl halides is 1. The van der Waals surface area contributed by atoms with E-state index in [-0.39, 0.29) is 26.1 Å². The molecule has 0 radical (unpaired) electrons. The molecule has 1 heterocycles. The topological polar surface area (TPSA) is 53.2 Å². The summed E-state index contributed by atoms with van der Waals surface area (Å²) in [5.74, 6) is 0. The third-order valence-corrected chi connectivity index (χ3v) is 1.94. The molecule has 1 N–H and O–H groups in total. The van der Waals surface area contributed by atoms with Crippen molar-refractivity contribution >= 4 is 0 Å². The monoisotopic (exact) mass is 159 g/mol. The lowest BCUT2D eigenvalue weighted by molar-refractivity contribution is -0.0614. The molecule has 1 rings (SSSR count). The van der Waals surface area contributed by atoms with Gasteiger partial charge in [-0.1, -0.05) is 0 Å². The van der Waals surface area contributed by atoms with Gasteiger partial charge in [0.05, 0.1) is 6.07 Å². The normalized spacial score (nSPS) is 25.5. The standard InChI is InChI=1S/C7H10FNO2/c8-7(6(10)5-9)1-3-11-4-2-7/h6,10H,1-4H2/t6-/m0/s1. The van der Waals surface area contributed by atoms with E-state index in [0.29, 0.717) is 0 Å². The second-order valence-electron chi connectivity index (χ2n) is 2.68. The third kappa shape index (κ3) is 1.67. The number of aliphatic hydroxyl groups is 1. The Balaban J connectivity index is 2.57. The Morgan fingerprint density at radius 3 is 2.55 bits per heavy atom. The van der Waals surface area contributed by atoms with Gasteiger partial charge in [0, 0.05) is 26.1 Å². The zero-order valence-electron chi connectivity index (χ0n) is 6.09. The highest BCUT2D eigenvalue weighted by Crippen LogP contribution is 2.28. The molecule has 0 aromatic heterocycles. The summed E-state index contributed by atoms with van der Waals surface area (Å²) in [5, 5.41) is 17.2. The van der Waals surface area contributed by atoms with Crippen LogP contribution in [0.25, 0.3) is 0 Å². The molecule has 4 heteroatoms. The van der Waals surface area contributed by atoms with E-state index in [1.54, 1.807) is 0 Å². The number of rotatable bonds is 1. The van der Waals surface area contributed by atoms with Gasteiger partial charge in [-0.3, -0.25) is 0 Å². The summed E-state index contributed by atoms with van der Waals surface area (Å²) in [6, 6.07) is 1.50. The first-order valence-corrected chi connectivity index (χ1v) is 3.53. The number of ether oxygens (including phenoxy) is 1. The fourth-order valence-corrected chi connectivity index (χ4v) is 1.10. The van der Waals surface area contributed by atoms with Crippen LogP contribution in [0.3, 0.4) is 0 Å². The lowest BCUT2D eigenvalue weighted by atomic mass is 9.91. The molecule has 0 unspecified atom stereocenters. The Bertz CT molecular complexity index is 172. The molecule has 0 spiro atoms. The highest BCUT2D eigenvalue weighted by molar-refractivity contribution is 5.00. The van der Waals surface area contributed by atoms with Gasteiger partial charge in [-0.2, -0.15) is 5.26 Å². The van der Waals surface area contributed by atoms with Crippen molar-refractivity contribution in [2.75, 3.05) is 13.2 Å². The largest absolute Gasteiger partial charge is 0.381 e. The second-order valence-corrected chi connectivity index (χ2v) is 2.68. The van der Waals surface area contributed by atoms with Crippen LogP contribution in [0.1, 0.15) is 12.8 Å². The van der Waals surface area contributed by atoms with Crippen molar-refractivity contribution in [2.45, 2.75) is 24.6 Å². The molecule has 0 aliphatic carbocycles. The van der Waals surface area contributed by atoms with Crippen LogP contribution in [-0.2, 0) is 4.74 Å². The first kappa shape index (κ1) is 8.44. The molecule has 1 aliphatic rings. The number of halogens is 1. The summed E-state index contributed by atoms with van der Waals surface area (Å²) in [5.41, 5.74) is -1.74. The predicted molar refractivity (Wildman–Crippen MR) is 35.5 cm³/mol. The van der Waals surface area contributed by atoms with Gasteiger partial charge in [-0.15, -0.1) is 0 Å². The predicted octanol–water partition coefficient (Wildman–Crippen LogP) is 0.390. The SMILES string of the molecule is N#C[C@H](O)C1(F)CCOCC1. The smallest absolute Gasteiger partial charge is 0.174 e. The summed E-state index contributed by atoms with van der Waals surface area (Å²) in [6.07, 6.45) is -1.28. The van der Waals surface area contributed by atoms with Gasteiger partial charge in [0.15, 0.2) is 11.8 Å². The van der Waals surface area contributed by atoms with Crippen molar-refractivity contribution in [3.05, 3.63) is 0 Å². The summed E-state index contributed by atoms with van der Waals surface area (Å²) in [7, 11) is 0. The van der Waals surface area contributed by atoms with Crippen LogP contribution in [0.4, 0.5) is 4.39 Å². The maximum absolute atomic E-state index is 13.4. The molecule has 1 aliphatic heterocycles. The zero-order chi connectivity index (χ0) is 8.32. The molecular formula is C7H10FNO2. The van der Waals surface area contributed by atoms with Gasteiger partial charge < -0.3 is 9.84 Å². The Morgan fingerprint density at radius 1 is 1.55 bits per heavy atom. The highest BCUT2D eigenvalue weighted by Gasteiger charge is 2.39. The van der Waals surface area contributed by atoms with Crippen LogP contribution < -0.4 is 0 Å². The van der Waals surface area contributed by atoms with Crippen LogP contribution in [0.5, 0.6) is 0 Å². The van der Waals surface area contributed by atoms with Gasteiger partial charge in [0.2, 0.25) is 0 Å². The van der Waals surface area contributed by atoms with Gasteiger partial charge >= 0.3 is 0 Å². The van der Waals surface area contributed by atoms with Crippen LogP contribution in [0.2, 0.25) is 0 Å². The van der Waals surface area contributed by atoms with Gasteiger partial charge in [0.1, 0.15) is 0 Å². The Kier molecular flexibility index (Phi) is 2.42. The number of aliphatic hydroxyl groups excluding tert-OH is 1. The summed E-state index contributed by atoms with van der Waals surface area (Å²) in [6.45, 7) is 0.574. The maximum Gasteiger partial charge on any atom is 0.174 e. The molecule has 11 heavy (non-hydrogen) atoms. The average Bonchev–Trinajstić information content (AvgIpc) is 2.04. The van der Waals surface area contributed by atoms with Crippen LogP contribution >= 0.6 is 0 Å². The van der Waals surface area contributed by atoms with Crippen molar-refractivity contribution in [2.24, 2.45) is 0 Å². The van der Waals surface area contributed by atoms with Gasteiger partial charge in [-0.05, 0) is 0 Å². The third-order valence-electron chi connectivity index (χ3n) is 1.94. The maximum atomic E-state index is 13.4. The number of nitriles is 1. The first-order valence-electron chi connectivity index (χ1n) is 3.53. The zero-order valence-corrected chi connectivity index (χ0v) is 6.09. The number of nitrogens with zero attached hydrogens (tertiary/aromatic N) is 1. The summed E-state index contributed by atoms with van der Waals surface area (Å²) < 4.78 is 18.3. The molecule has 3 nitrogen and oxygen atoms in total. The first-order chi connectivity index (χ1) is 5.19. The molecule has 62 valence electrons. The van der Waals surface area contributed by atoms with E-state index >= 15 is 0 Å². The Labute approximate surface area is 64.4 Å².